The molecule has 0 aliphatic heterocycles. The van der Waals surface area contributed by atoms with Gasteiger partial charge in [-0.05, 0) is 37.8 Å². The average molecular weight is 375 g/mol. The summed E-state index contributed by atoms with van der Waals surface area (Å²) in [6.07, 6.45) is 3.23. The first-order valence-electron chi connectivity index (χ1n) is 9.50. The Morgan fingerprint density at radius 1 is 1.04 bits per heavy atom. The Hall–Kier alpha value is -2.57. The largest absolute Gasteiger partial charge is 0.451 e. The fourth-order valence-electron chi connectivity index (χ4n) is 3.02. The smallest absolute Gasteiger partial charge is 0.329 e. The number of benzene rings is 1. The first-order chi connectivity index (χ1) is 12.9. The van der Waals surface area contributed by atoms with Crippen molar-refractivity contribution in [2.24, 2.45) is 5.92 Å². The molecule has 0 heterocycles. The van der Waals surface area contributed by atoms with Crippen LogP contribution in [0.1, 0.15) is 46.5 Å². The van der Waals surface area contributed by atoms with Crippen LogP contribution >= 0.6 is 0 Å². The van der Waals surface area contributed by atoms with Gasteiger partial charge >= 0.3 is 12.0 Å². The molecule has 0 bridgehead atoms. The van der Waals surface area contributed by atoms with Crippen molar-refractivity contribution >= 4 is 23.6 Å². The fraction of sp³-hybridized carbons (Fsp3) is 0.550. The second kappa shape index (κ2) is 9.94. The number of para-hydroxylation sites is 1. The van der Waals surface area contributed by atoms with E-state index in [1.54, 1.807) is 45.0 Å². The molecule has 0 spiro atoms. The van der Waals surface area contributed by atoms with E-state index in [-0.39, 0.29) is 17.9 Å². The Labute approximate surface area is 160 Å². The molecule has 1 aliphatic rings. The van der Waals surface area contributed by atoms with E-state index in [0.717, 1.165) is 25.7 Å². The second-order valence-corrected chi connectivity index (χ2v) is 7.26. The average Bonchev–Trinajstić information content (AvgIpc) is 3.13. The first-order valence-corrected chi connectivity index (χ1v) is 9.50. The van der Waals surface area contributed by atoms with Crippen molar-refractivity contribution in [2.75, 3.05) is 5.32 Å². The summed E-state index contributed by atoms with van der Waals surface area (Å²) in [5.41, 5.74) is 0.621. The van der Waals surface area contributed by atoms with Gasteiger partial charge in [-0.1, -0.05) is 44.9 Å². The summed E-state index contributed by atoms with van der Waals surface area (Å²) in [5.74, 6) is -1.11. The van der Waals surface area contributed by atoms with Crippen molar-refractivity contribution < 1.29 is 19.1 Å². The molecule has 7 heteroatoms. The number of amides is 3. The van der Waals surface area contributed by atoms with Crippen molar-refractivity contribution in [1.29, 1.82) is 0 Å². The summed E-state index contributed by atoms with van der Waals surface area (Å²) in [6.45, 7) is 5.15. The van der Waals surface area contributed by atoms with Gasteiger partial charge in [0.25, 0.3) is 5.91 Å². The SMILES string of the molecule is CC(C)[C@@H](NC(=O)Nc1ccccc1)C(=O)O[C@H](C)C(=O)NC1CCCC1. The highest BCUT2D eigenvalue weighted by molar-refractivity contribution is 5.93. The van der Waals surface area contributed by atoms with Gasteiger partial charge in [0.1, 0.15) is 6.04 Å². The molecule has 27 heavy (non-hydrogen) atoms. The Kier molecular flexibility index (Phi) is 7.64. The van der Waals surface area contributed by atoms with Gasteiger partial charge in [-0.25, -0.2) is 9.59 Å². The van der Waals surface area contributed by atoms with Crippen LogP contribution < -0.4 is 16.0 Å². The zero-order valence-electron chi connectivity index (χ0n) is 16.2. The van der Waals surface area contributed by atoms with Crippen molar-refractivity contribution in [2.45, 2.75) is 64.6 Å². The minimum Gasteiger partial charge on any atom is -0.451 e. The third-order valence-electron chi connectivity index (χ3n) is 4.60. The van der Waals surface area contributed by atoms with Crippen LogP contribution in [0.4, 0.5) is 10.5 Å². The first kappa shape index (κ1) is 20.7. The monoisotopic (exact) mass is 375 g/mol. The van der Waals surface area contributed by atoms with Crippen LogP contribution in [0.2, 0.25) is 0 Å². The van der Waals surface area contributed by atoms with Crippen LogP contribution in [0.5, 0.6) is 0 Å². The van der Waals surface area contributed by atoms with Gasteiger partial charge in [0.05, 0.1) is 0 Å². The highest BCUT2D eigenvalue weighted by atomic mass is 16.5. The van der Waals surface area contributed by atoms with E-state index in [0.29, 0.717) is 5.69 Å². The zero-order valence-corrected chi connectivity index (χ0v) is 16.2. The van der Waals surface area contributed by atoms with Gasteiger partial charge in [-0.2, -0.15) is 0 Å². The number of urea groups is 1. The van der Waals surface area contributed by atoms with E-state index >= 15 is 0 Å². The normalized spacial score (nSPS) is 16.4. The van der Waals surface area contributed by atoms with E-state index in [9.17, 15) is 14.4 Å². The molecule has 1 aromatic rings. The number of anilines is 1. The molecule has 1 aliphatic carbocycles. The second-order valence-electron chi connectivity index (χ2n) is 7.26. The number of nitrogens with one attached hydrogen (secondary N) is 3. The van der Waals surface area contributed by atoms with Crippen LogP contribution in [0.15, 0.2) is 30.3 Å². The quantitative estimate of drug-likeness (QED) is 0.639. The minimum absolute atomic E-state index is 0.161. The maximum Gasteiger partial charge on any atom is 0.329 e. The van der Waals surface area contributed by atoms with Crippen LogP contribution in [0, 0.1) is 5.92 Å². The number of rotatable bonds is 7. The number of ether oxygens (including phenoxy) is 1. The maximum atomic E-state index is 12.5. The molecule has 2 atom stereocenters. The van der Waals surface area contributed by atoms with Crippen LogP contribution in [0.25, 0.3) is 0 Å². The molecule has 0 unspecified atom stereocenters. The van der Waals surface area contributed by atoms with Crippen molar-refractivity contribution in [3.63, 3.8) is 0 Å². The van der Waals surface area contributed by atoms with Crippen molar-refractivity contribution in [3.05, 3.63) is 30.3 Å². The minimum atomic E-state index is -0.904. The van der Waals surface area contributed by atoms with Crippen molar-refractivity contribution in [3.8, 4) is 0 Å². The molecule has 2 rings (SSSR count). The summed E-state index contributed by atoms with van der Waals surface area (Å²) < 4.78 is 5.30. The lowest BCUT2D eigenvalue weighted by atomic mass is 10.0. The highest BCUT2D eigenvalue weighted by Crippen LogP contribution is 2.18. The van der Waals surface area contributed by atoms with Crippen LogP contribution in [-0.4, -0.2) is 36.1 Å². The molecule has 3 N–H and O–H groups in total. The van der Waals surface area contributed by atoms with Gasteiger partial charge in [-0.3, -0.25) is 4.79 Å². The van der Waals surface area contributed by atoms with Gasteiger partial charge in [0.2, 0.25) is 0 Å². The molecular formula is C20H29N3O4. The topological polar surface area (TPSA) is 96.5 Å². The van der Waals surface area contributed by atoms with Crippen molar-refractivity contribution in [1.82, 2.24) is 10.6 Å². The number of hydrogen-bond donors (Lipinski definition) is 3. The molecule has 1 saturated carbocycles. The summed E-state index contributed by atoms with van der Waals surface area (Å²) in [6, 6.07) is 7.75. The Balaban J connectivity index is 1.87. The summed E-state index contributed by atoms with van der Waals surface area (Å²) in [4.78, 5) is 36.9. The summed E-state index contributed by atoms with van der Waals surface area (Å²) in [5, 5.41) is 8.20. The van der Waals surface area contributed by atoms with Gasteiger partial charge < -0.3 is 20.7 Å². The Morgan fingerprint density at radius 3 is 2.26 bits per heavy atom. The number of carbonyl (C=O) groups excluding carboxylic acids is 3. The lowest BCUT2D eigenvalue weighted by molar-refractivity contribution is -0.157. The number of carbonyl (C=O) groups is 3. The fourth-order valence-corrected chi connectivity index (χ4v) is 3.02. The van der Waals surface area contributed by atoms with Crippen LogP contribution in [0.3, 0.4) is 0 Å². The standard InChI is InChI=1S/C20H29N3O4/c1-13(2)17(23-20(26)22-16-9-5-4-6-10-16)19(25)27-14(3)18(24)21-15-11-7-8-12-15/h4-6,9-10,13-15,17H,7-8,11-12H2,1-3H3,(H,21,24)(H2,22,23,26)/t14-,17-/m1/s1. The lowest BCUT2D eigenvalue weighted by Gasteiger charge is -2.23. The summed E-state index contributed by atoms with van der Waals surface area (Å²) >= 11 is 0. The van der Waals surface area contributed by atoms with E-state index in [1.807, 2.05) is 6.07 Å². The molecule has 1 fully saturated rings. The van der Waals surface area contributed by atoms with Gasteiger partial charge in [0.15, 0.2) is 6.10 Å². The molecule has 148 valence electrons. The maximum absolute atomic E-state index is 12.5. The van der Waals surface area contributed by atoms with Crippen LogP contribution in [-0.2, 0) is 14.3 Å². The lowest BCUT2D eigenvalue weighted by Crippen LogP contribution is -2.49. The highest BCUT2D eigenvalue weighted by Gasteiger charge is 2.30. The molecule has 1 aromatic carbocycles. The summed E-state index contributed by atoms with van der Waals surface area (Å²) in [7, 11) is 0. The number of esters is 1. The predicted octanol–water partition coefficient (Wildman–Crippen LogP) is 2.82. The third-order valence-corrected chi connectivity index (χ3v) is 4.60. The number of hydrogen-bond acceptors (Lipinski definition) is 4. The van der Waals surface area contributed by atoms with E-state index in [2.05, 4.69) is 16.0 Å². The predicted molar refractivity (Wildman–Crippen MR) is 103 cm³/mol. The third kappa shape index (κ3) is 6.58. The molecule has 3 amide bonds. The van der Waals surface area contributed by atoms with E-state index in [1.165, 1.54) is 0 Å². The molecule has 7 nitrogen and oxygen atoms in total. The van der Waals surface area contributed by atoms with E-state index < -0.39 is 24.1 Å². The van der Waals surface area contributed by atoms with E-state index in [4.69, 9.17) is 4.74 Å². The molecule has 0 radical (unpaired) electrons. The zero-order chi connectivity index (χ0) is 19.8. The molecular weight excluding hydrogens is 346 g/mol. The van der Waals surface area contributed by atoms with Gasteiger partial charge in [0, 0.05) is 11.7 Å². The Bertz CT molecular complexity index is 642. The molecule has 0 aromatic heterocycles. The van der Waals surface area contributed by atoms with Gasteiger partial charge in [-0.15, -0.1) is 0 Å². The molecule has 0 saturated heterocycles. The Morgan fingerprint density at radius 2 is 1.67 bits per heavy atom.